The molecule has 7 heteroatoms. The molecule has 3 fully saturated rings. The van der Waals surface area contributed by atoms with E-state index in [-0.39, 0.29) is 22.6 Å². The number of unbranched alkanes of at least 4 members (excludes halogenated alkanes) is 1. The molecule has 4 rings (SSSR count). The van der Waals surface area contributed by atoms with Crippen LogP contribution < -0.4 is 4.90 Å². The summed E-state index contributed by atoms with van der Waals surface area (Å²) in [5, 5.41) is 0. The first-order valence-electron chi connectivity index (χ1n) is 10.5. The van der Waals surface area contributed by atoms with Gasteiger partial charge in [0.15, 0.2) is 0 Å². The summed E-state index contributed by atoms with van der Waals surface area (Å²) in [7, 11) is 0. The van der Waals surface area contributed by atoms with Crippen LogP contribution in [0.3, 0.4) is 0 Å². The summed E-state index contributed by atoms with van der Waals surface area (Å²) in [6.45, 7) is 9.51. The maximum atomic E-state index is 12.8. The van der Waals surface area contributed by atoms with E-state index in [1.807, 2.05) is 19.9 Å². The van der Waals surface area contributed by atoms with Crippen LogP contribution in [0.15, 0.2) is 18.5 Å². The molecule has 0 radical (unpaired) electrons. The van der Waals surface area contributed by atoms with Gasteiger partial charge in [0, 0.05) is 55.9 Å². The smallest absolute Gasteiger partial charge is 0.235 e. The lowest BCUT2D eigenvalue weighted by Crippen LogP contribution is -2.54. The molecule has 2 bridgehead atoms. The van der Waals surface area contributed by atoms with Crippen LogP contribution in [0.5, 0.6) is 0 Å². The number of rotatable bonds is 6. The summed E-state index contributed by atoms with van der Waals surface area (Å²) < 4.78 is 0. The van der Waals surface area contributed by atoms with Gasteiger partial charge in [0.25, 0.3) is 0 Å². The number of likely N-dealkylation sites (tertiary alicyclic amines) is 1. The quantitative estimate of drug-likeness (QED) is 0.551. The number of imide groups is 1. The van der Waals surface area contributed by atoms with Gasteiger partial charge in [0.2, 0.25) is 17.8 Å². The zero-order chi connectivity index (χ0) is 19.8. The van der Waals surface area contributed by atoms with Gasteiger partial charge >= 0.3 is 0 Å². The van der Waals surface area contributed by atoms with Crippen LogP contribution in [0.2, 0.25) is 0 Å². The zero-order valence-corrected chi connectivity index (χ0v) is 17.1. The molecule has 152 valence electrons. The van der Waals surface area contributed by atoms with E-state index >= 15 is 0 Å². The van der Waals surface area contributed by atoms with Gasteiger partial charge in [-0.15, -0.1) is 0 Å². The highest BCUT2D eigenvalue weighted by atomic mass is 16.2. The number of piperazine rings is 1. The predicted octanol–water partition coefficient (Wildman–Crippen LogP) is 1.94. The molecule has 0 spiro atoms. The van der Waals surface area contributed by atoms with Crippen molar-refractivity contribution in [2.24, 2.45) is 10.8 Å². The van der Waals surface area contributed by atoms with Crippen LogP contribution in [-0.2, 0) is 9.59 Å². The van der Waals surface area contributed by atoms with Gasteiger partial charge < -0.3 is 4.90 Å². The minimum absolute atomic E-state index is 0.0592. The molecule has 7 nitrogen and oxygen atoms in total. The lowest BCUT2D eigenvalue weighted by molar-refractivity contribution is -0.161. The van der Waals surface area contributed by atoms with Crippen molar-refractivity contribution in [1.29, 1.82) is 0 Å². The Kier molecular flexibility index (Phi) is 5.12. The van der Waals surface area contributed by atoms with E-state index in [4.69, 9.17) is 0 Å². The van der Waals surface area contributed by atoms with E-state index in [0.29, 0.717) is 6.54 Å². The van der Waals surface area contributed by atoms with E-state index < -0.39 is 0 Å². The molecule has 1 aliphatic carbocycles. The molecule has 2 unspecified atom stereocenters. The Morgan fingerprint density at radius 3 is 2.07 bits per heavy atom. The first-order chi connectivity index (χ1) is 13.4. The molecular formula is C21H31N5O2. The second-order valence-electron chi connectivity index (χ2n) is 9.14. The first-order valence-corrected chi connectivity index (χ1v) is 10.5. The number of fused-ring (bicyclic) bond motifs is 2. The van der Waals surface area contributed by atoms with Crippen molar-refractivity contribution in [2.75, 3.05) is 44.2 Å². The van der Waals surface area contributed by atoms with Crippen molar-refractivity contribution >= 4 is 17.8 Å². The van der Waals surface area contributed by atoms with Crippen molar-refractivity contribution in [2.45, 2.75) is 46.0 Å². The number of hydrogen-bond acceptors (Lipinski definition) is 6. The highest BCUT2D eigenvalue weighted by Gasteiger charge is 2.58. The fraction of sp³-hybridized carbons (Fsp3) is 0.714. The van der Waals surface area contributed by atoms with Crippen LogP contribution in [0.4, 0.5) is 5.95 Å². The highest BCUT2D eigenvalue weighted by molar-refractivity contribution is 6.04. The second kappa shape index (κ2) is 7.43. The number of aromatic nitrogens is 2. The van der Waals surface area contributed by atoms with E-state index in [9.17, 15) is 9.59 Å². The maximum Gasteiger partial charge on any atom is 0.235 e. The fourth-order valence-electron chi connectivity index (χ4n) is 5.13. The molecule has 0 N–H and O–H groups in total. The third kappa shape index (κ3) is 3.52. The van der Waals surface area contributed by atoms with E-state index in [0.717, 1.165) is 70.8 Å². The van der Waals surface area contributed by atoms with Crippen LogP contribution in [-0.4, -0.2) is 70.9 Å². The van der Waals surface area contributed by atoms with Crippen LogP contribution in [0, 0.1) is 10.8 Å². The Morgan fingerprint density at radius 2 is 1.46 bits per heavy atom. The number of nitrogens with zero attached hydrogens (tertiary/aromatic N) is 5. The fourth-order valence-corrected chi connectivity index (χ4v) is 5.13. The maximum absolute atomic E-state index is 12.8. The van der Waals surface area contributed by atoms with Gasteiger partial charge in [-0.25, -0.2) is 9.97 Å². The van der Waals surface area contributed by atoms with Gasteiger partial charge in [-0.2, -0.15) is 0 Å². The molecule has 0 aromatic carbocycles. The van der Waals surface area contributed by atoms with Crippen molar-refractivity contribution in [3.8, 4) is 0 Å². The molecule has 2 amide bonds. The number of amides is 2. The summed E-state index contributed by atoms with van der Waals surface area (Å²) in [4.78, 5) is 40.5. The number of carbonyl (C=O) groups is 2. The summed E-state index contributed by atoms with van der Waals surface area (Å²) in [5.74, 6) is 0.925. The Morgan fingerprint density at radius 1 is 0.893 bits per heavy atom. The predicted molar refractivity (Wildman–Crippen MR) is 107 cm³/mol. The van der Waals surface area contributed by atoms with Crippen LogP contribution in [0.25, 0.3) is 0 Å². The van der Waals surface area contributed by atoms with Crippen molar-refractivity contribution in [3.63, 3.8) is 0 Å². The molecule has 3 aliphatic rings. The Balaban J connectivity index is 1.21. The van der Waals surface area contributed by atoms with Crippen LogP contribution in [0.1, 0.15) is 46.0 Å². The number of carbonyl (C=O) groups excluding carboxylic acids is 2. The number of hydrogen-bond donors (Lipinski definition) is 0. The van der Waals surface area contributed by atoms with Crippen molar-refractivity contribution in [3.05, 3.63) is 18.5 Å². The number of piperidine rings is 1. The topological polar surface area (TPSA) is 69.6 Å². The molecule has 28 heavy (non-hydrogen) atoms. The van der Waals surface area contributed by atoms with Crippen LogP contribution >= 0.6 is 0 Å². The summed E-state index contributed by atoms with van der Waals surface area (Å²) in [5.41, 5.74) is -0.642. The molecule has 1 aromatic heterocycles. The van der Waals surface area contributed by atoms with E-state index in [2.05, 4.69) is 19.8 Å². The van der Waals surface area contributed by atoms with Gasteiger partial charge in [-0.1, -0.05) is 13.8 Å². The third-order valence-corrected chi connectivity index (χ3v) is 6.85. The van der Waals surface area contributed by atoms with Gasteiger partial charge in [-0.05, 0) is 44.7 Å². The molecule has 1 aromatic rings. The van der Waals surface area contributed by atoms with E-state index in [1.165, 1.54) is 0 Å². The normalized spacial score (nSPS) is 30.9. The molecule has 2 aliphatic heterocycles. The molecule has 1 saturated carbocycles. The Bertz CT molecular complexity index is 706. The minimum atomic E-state index is -0.321. The third-order valence-electron chi connectivity index (χ3n) is 6.85. The minimum Gasteiger partial charge on any atom is -0.338 e. The Hall–Kier alpha value is -2.02. The lowest BCUT2D eigenvalue weighted by atomic mass is 9.76. The molecule has 2 atom stereocenters. The zero-order valence-electron chi connectivity index (χ0n) is 17.1. The SMILES string of the molecule is CC12CCC(C)(C1)C(=O)N(CCCCN1CCN(c3ncccn3)CC1)C2=O. The van der Waals surface area contributed by atoms with Crippen molar-refractivity contribution in [1.82, 2.24) is 19.8 Å². The Labute approximate surface area is 167 Å². The molecule has 2 saturated heterocycles. The monoisotopic (exact) mass is 385 g/mol. The average Bonchev–Trinajstić information content (AvgIpc) is 3.02. The average molecular weight is 386 g/mol. The lowest BCUT2D eigenvalue weighted by Gasteiger charge is -2.40. The largest absolute Gasteiger partial charge is 0.338 e. The summed E-state index contributed by atoms with van der Waals surface area (Å²) in [6.07, 6.45) is 7.87. The summed E-state index contributed by atoms with van der Waals surface area (Å²) >= 11 is 0. The number of anilines is 1. The highest BCUT2D eigenvalue weighted by Crippen LogP contribution is 2.54. The standard InChI is InChI=1S/C21H31N5O2/c1-20-6-7-21(2,16-20)18(28)26(17(20)27)11-4-3-10-24-12-14-25(15-13-24)19-22-8-5-9-23-19/h5,8-9H,3-4,6-7,10-16H2,1-2H3. The van der Waals surface area contributed by atoms with Gasteiger partial charge in [0.05, 0.1) is 0 Å². The molecular weight excluding hydrogens is 354 g/mol. The first kappa shape index (κ1) is 19.3. The molecule has 3 heterocycles. The van der Waals surface area contributed by atoms with Gasteiger partial charge in [0.1, 0.15) is 0 Å². The van der Waals surface area contributed by atoms with Gasteiger partial charge in [-0.3, -0.25) is 19.4 Å². The second-order valence-corrected chi connectivity index (χ2v) is 9.14. The van der Waals surface area contributed by atoms with E-state index in [1.54, 1.807) is 17.3 Å². The summed E-state index contributed by atoms with van der Waals surface area (Å²) in [6, 6.07) is 1.84. The van der Waals surface area contributed by atoms with Crippen molar-refractivity contribution < 1.29 is 9.59 Å².